The van der Waals surface area contributed by atoms with Crippen LogP contribution in [-0.4, -0.2) is 36.9 Å². The molecule has 0 radical (unpaired) electrons. The van der Waals surface area contributed by atoms with Crippen molar-refractivity contribution in [1.82, 2.24) is 0 Å². The summed E-state index contributed by atoms with van der Waals surface area (Å²) in [5, 5.41) is 10.2. The molecule has 0 saturated carbocycles. The van der Waals surface area contributed by atoms with Crippen LogP contribution >= 0.6 is 0 Å². The monoisotopic (exact) mass is 253 g/mol. The van der Waals surface area contributed by atoms with Crippen LogP contribution in [0.5, 0.6) is 5.75 Å². The number of esters is 1. The highest BCUT2D eigenvalue weighted by Crippen LogP contribution is 2.12. The Kier molecular flexibility index (Phi) is 4.79. The van der Waals surface area contributed by atoms with E-state index in [2.05, 4.69) is 4.74 Å². The van der Waals surface area contributed by atoms with E-state index < -0.39 is 23.2 Å². The van der Waals surface area contributed by atoms with Crippen LogP contribution in [0.15, 0.2) is 24.3 Å². The van der Waals surface area contributed by atoms with Gasteiger partial charge in [0.15, 0.2) is 6.61 Å². The molecule has 0 spiro atoms. The second kappa shape index (κ2) is 6.33. The van der Waals surface area contributed by atoms with Gasteiger partial charge in [-0.15, -0.1) is 0 Å². The van der Waals surface area contributed by atoms with Gasteiger partial charge in [0, 0.05) is 10.5 Å². The normalized spacial score (nSPS) is 9.61. The van der Waals surface area contributed by atoms with E-state index in [1.54, 1.807) is 0 Å². The highest BCUT2D eigenvalue weighted by atomic mass is 16.6. The first-order chi connectivity index (χ1) is 8.52. The Morgan fingerprint density at radius 2 is 1.89 bits per heavy atom. The van der Waals surface area contributed by atoms with Crippen molar-refractivity contribution in [3.8, 4) is 5.75 Å². The Morgan fingerprint density at radius 3 is 2.39 bits per heavy atom. The van der Waals surface area contributed by atoms with Crippen LogP contribution in [0.4, 0.5) is 0 Å². The lowest BCUT2D eigenvalue weighted by atomic mass is 10.1. The van der Waals surface area contributed by atoms with Gasteiger partial charge in [-0.1, -0.05) is 0 Å². The molecule has 0 saturated heterocycles. The first-order valence-electron chi connectivity index (χ1n) is 4.97. The summed E-state index contributed by atoms with van der Waals surface area (Å²) in [6, 6.07) is 5.71. The van der Waals surface area contributed by atoms with Gasteiger partial charge in [-0.25, -0.2) is 4.79 Å². The molecule has 0 heterocycles. The molecule has 0 amide bonds. The summed E-state index contributed by atoms with van der Waals surface area (Å²) in [7, 11) is 1.24. The predicted octanol–water partition coefficient (Wildman–Crippen LogP) is 0.698. The van der Waals surface area contributed by atoms with Gasteiger partial charge >= 0.3 is 5.97 Å². The van der Waals surface area contributed by atoms with Crippen molar-refractivity contribution in [1.29, 1.82) is 0 Å². The maximum absolute atomic E-state index is 11.3. The van der Waals surface area contributed by atoms with Crippen LogP contribution in [0, 0.1) is 10.1 Å². The third-order valence-corrected chi connectivity index (χ3v) is 2.03. The van der Waals surface area contributed by atoms with Crippen molar-refractivity contribution >= 4 is 11.8 Å². The number of nitro groups is 1. The van der Waals surface area contributed by atoms with E-state index in [9.17, 15) is 19.7 Å². The smallest absolute Gasteiger partial charge is 0.343 e. The van der Waals surface area contributed by atoms with E-state index in [-0.39, 0.29) is 12.2 Å². The molecule has 0 N–H and O–H groups in total. The summed E-state index contributed by atoms with van der Waals surface area (Å²) in [5.41, 5.74) is 0.220. The average molecular weight is 253 g/mol. The number of rotatable bonds is 6. The number of benzene rings is 1. The number of methoxy groups -OCH3 is 1. The van der Waals surface area contributed by atoms with Gasteiger partial charge in [-0.3, -0.25) is 14.9 Å². The molecule has 0 atom stereocenters. The quantitative estimate of drug-likeness (QED) is 0.320. The molecule has 0 bridgehead atoms. The van der Waals surface area contributed by atoms with Crippen molar-refractivity contribution in [2.75, 3.05) is 20.3 Å². The largest absolute Gasteiger partial charge is 0.482 e. The highest BCUT2D eigenvalue weighted by Gasteiger charge is 2.12. The van der Waals surface area contributed by atoms with Crippen LogP contribution in [0.2, 0.25) is 0 Å². The molecule has 1 rings (SSSR count). The number of hydrogen-bond acceptors (Lipinski definition) is 6. The molecule has 1 aromatic rings. The van der Waals surface area contributed by atoms with Crippen LogP contribution in [0.1, 0.15) is 10.4 Å². The summed E-state index contributed by atoms with van der Waals surface area (Å²) < 4.78 is 9.44. The lowest BCUT2D eigenvalue weighted by Crippen LogP contribution is -2.14. The summed E-state index contributed by atoms with van der Waals surface area (Å²) in [4.78, 5) is 31.6. The van der Waals surface area contributed by atoms with Gasteiger partial charge in [0.25, 0.3) is 6.54 Å². The first-order valence-corrected chi connectivity index (χ1v) is 4.97. The van der Waals surface area contributed by atoms with E-state index in [4.69, 9.17) is 4.74 Å². The molecule has 0 aromatic heterocycles. The third-order valence-electron chi connectivity index (χ3n) is 2.03. The summed E-state index contributed by atoms with van der Waals surface area (Å²) in [6.45, 7) is -0.985. The fourth-order valence-electron chi connectivity index (χ4n) is 1.15. The van der Waals surface area contributed by atoms with Crippen LogP contribution in [0.3, 0.4) is 0 Å². The topological polar surface area (TPSA) is 95.7 Å². The van der Waals surface area contributed by atoms with Crippen molar-refractivity contribution in [2.45, 2.75) is 0 Å². The number of ketones is 1. The Hall–Kier alpha value is -2.44. The van der Waals surface area contributed by atoms with Gasteiger partial charge < -0.3 is 9.47 Å². The molecule has 1 aromatic carbocycles. The second-order valence-corrected chi connectivity index (χ2v) is 3.30. The molecule has 0 aliphatic rings. The molecule has 0 aliphatic heterocycles. The molecular formula is C11H11NO6. The van der Waals surface area contributed by atoms with Crippen molar-refractivity contribution in [3.63, 3.8) is 0 Å². The second-order valence-electron chi connectivity index (χ2n) is 3.30. The molecule has 18 heavy (non-hydrogen) atoms. The van der Waals surface area contributed by atoms with Gasteiger partial charge in [-0.05, 0) is 24.3 Å². The molecule has 0 aliphatic carbocycles. The number of Topliss-reactive ketones (excluding diaryl/α,β-unsaturated/α-hetero) is 1. The lowest BCUT2D eigenvalue weighted by molar-refractivity contribution is -0.465. The minimum Gasteiger partial charge on any atom is -0.482 e. The third kappa shape index (κ3) is 4.20. The number of carbonyl (C=O) groups is 2. The highest BCUT2D eigenvalue weighted by molar-refractivity contribution is 5.96. The predicted molar refractivity (Wildman–Crippen MR) is 60.1 cm³/mol. The minimum atomic E-state index is -0.748. The maximum Gasteiger partial charge on any atom is 0.343 e. The molecule has 96 valence electrons. The summed E-state index contributed by atoms with van der Waals surface area (Å²) in [5.74, 6) is -0.735. The molecule has 7 heteroatoms. The zero-order chi connectivity index (χ0) is 13.5. The number of hydrogen-bond donors (Lipinski definition) is 0. The van der Waals surface area contributed by atoms with Crippen molar-refractivity contribution < 1.29 is 24.0 Å². The molecule has 0 unspecified atom stereocenters. The van der Waals surface area contributed by atoms with Crippen molar-refractivity contribution in [3.05, 3.63) is 39.9 Å². The zero-order valence-corrected chi connectivity index (χ0v) is 9.62. The standard InChI is InChI=1S/C11H11NO6/c1-17-11(14)7-18-9-4-2-8(3-5-9)10(13)6-12(15)16/h2-5H,6-7H2,1H3. The van der Waals surface area contributed by atoms with Gasteiger partial charge in [0.05, 0.1) is 7.11 Å². The first kappa shape index (κ1) is 13.6. The summed E-state index contributed by atoms with van der Waals surface area (Å²) in [6.07, 6.45) is 0. The molecule has 0 fully saturated rings. The van der Waals surface area contributed by atoms with Crippen molar-refractivity contribution in [2.24, 2.45) is 0 Å². The maximum atomic E-state index is 11.3. The Morgan fingerprint density at radius 1 is 1.28 bits per heavy atom. The fourth-order valence-corrected chi connectivity index (χ4v) is 1.15. The Balaban J connectivity index is 2.59. The molecule has 7 nitrogen and oxygen atoms in total. The Bertz CT molecular complexity index is 453. The minimum absolute atomic E-state index is 0.220. The van der Waals surface area contributed by atoms with E-state index in [0.29, 0.717) is 5.75 Å². The van der Waals surface area contributed by atoms with Crippen LogP contribution < -0.4 is 4.74 Å². The SMILES string of the molecule is COC(=O)COc1ccc(C(=O)C[N+](=O)[O-])cc1. The fraction of sp³-hybridized carbons (Fsp3) is 0.273. The van der Waals surface area contributed by atoms with Gasteiger partial charge in [0.1, 0.15) is 5.75 Å². The average Bonchev–Trinajstić information content (AvgIpc) is 2.35. The number of nitrogens with zero attached hydrogens (tertiary/aromatic N) is 1. The van der Waals surface area contributed by atoms with Crippen LogP contribution in [0.25, 0.3) is 0 Å². The summed E-state index contributed by atoms with van der Waals surface area (Å²) >= 11 is 0. The van der Waals surface area contributed by atoms with E-state index >= 15 is 0 Å². The van der Waals surface area contributed by atoms with Crippen LogP contribution in [-0.2, 0) is 9.53 Å². The van der Waals surface area contributed by atoms with E-state index in [0.717, 1.165) is 0 Å². The number of carbonyl (C=O) groups excluding carboxylic acids is 2. The molecular weight excluding hydrogens is 242 g/mol. The van der Waals surface area contributed by atoms with E-state index in [1.165, 1.54) is 31.4 Å². The van der Waals surface area contributed by atoms with Gasteiger partial charge in [-0.2, -0.15) is 0 Å². The number of ether oxygens (including phenoxy) is 2. The van der Waals surface area contributed by atoms with E-state index in [1.807, 2.05) is 0 Å². The zero-order valence-electron chi connectivity index (χ0n) is 9.62. The Labute approximate surface area is 102 Å². The van der Waals surface area contributed by atoms with Gasteiger partial charge in [0.2, 0.25) is 5.78 Å². The lowest BCUT2D eigenvalue weighted by Gasteiger charge is -2.04.